The van der Waals surface area contributed by atoms with Gasteiger partial charge >= 0.3 is 0 Å². The minimum absolute atomic E-state index is 0.00255. The minimum atomic E-state index is 0.00255. The van der Waals surface area contributed by atoms with Crippen LogP contribution in [0, 0.1) is 5.92 Å². The molecule has 0 radical (unpaired) electrons. The van der Waals surface area contributed by atoms with E-state index in [-0.39, 0.29) is 17.4 Å². The molecular formula is C44H40O4. The van der Waals surface area contributed by atoms with Crippen molar-refractivity contribution in [2.24, 2.45) is 5.92 Å². The molecule has 2 N–H and O–H groups in total. The Balaban J connectivity index is 1.23. The zero-order chi connectivity index (χ0) is 33.3. The maximum absolute atomic E-state index is 11.5. The lowest BCUT2D eigenvalue weighted by Gasteiger charge is -2.21. The van der Waals surface area contributed by atoms with Crippen LogP contribution in [0.15, 0.2) is 152 Å². The molecule has 0 bridgehead atoms. The molecule has 0 heterocycles. The van der Waals surface area contributed by atoms with Gasteiger partial charge in [0.1, 0.15) is 23.0 Å². The Labute approximate surface area is 283 Å². The lowest BCUT2D eigenvalue weighted by Crippen LogP contribution is -2.20. The van der Waals surface area contributed by atoms with Gasteiger partial charge in [-0.3, -0.25) is 0 Å². The second-order valence-corrected chi connectivity index (χ2v) is 11.8. The topological polar surface area (TPSA) is 58.9 Å². The van der Waals surface area contributed by atoms with Gasteiger partial charge in [-0.15, -0.1) is 6.58 Å². The van der Waals surface area contributed by atoms with Crippen molar-refractivity contribution in [2.45, 2.75) is 19.8 Å². The van der Waals surface area contributed by atoms with Gasteiger partial charge in [-0.05, 0) is 47.7 Å². The third-order valence-electron chi connectivity index (χ3n) is 8.61. The summed E-state index contributed by atoms with van der Waals surface area (Å²) in [5.74, 6) is 1.83. The number of allylic oxidation sites excluding steroid dienone is 1. The first-order chi connectivity index (χ1) is 23.6. The molecule has 6 aromatic rings. The van der Waals surface area contributed by atoms with Crippen LogP contribution < -0.4 is 9.47 Å². The van der Waals surface area contributed by atoms with E-state index in [4.69, 9.17) is 9.47 Å². The molecule has 48 heavy (non-hydrogen) atoms. The Bertz CT molecular complexity index is 1980. The monoisotopic (exact) mass is 632 g/mol. The van der Waals surface area contributed by atoms with E-state index in [0.29, 0.717) is 36.7 Å². The molecule has 6 aromatic carbocycles. The molecule has 240 valence electrons. The fourth-order valence-corrected chi connectivity index (χ4v) is 6.01. The number of phenolic OH excluding ortho intramolecular Hbond substituents is 2. The molecule has 4 heteroatoms. The zero-order valence-corrected chi connectivity index (χ0v) is 27.2. The number of phenols is 2. The molecular weight excluding hydrogens is 592 g/mol. The van der Waals surface area contributed by atoms with Crippen molar-refractivity contribution in [3.05, 3.63) is 158 Å². The summed E-state index contributed by atoms with van der Waals surface area (Å²) in [6.07, 6.45) is 3.44. The highest BCUT2D eigenvalue weighted by Gasteiger charge is 2.19. The van der Waals surface area contributed by atoms with Crippen molar-refractivity contribution < 1.29 is 19.7 Å². The average molecular weight is 633 g/mol. The van der Waals surface area contributed by atoms with Crippen molar-refractivity contribution in [1.82, 2.24) is 0 Å². The van der Waals surface area contributed by atoms with Gasteiger partial charge in [-0.1, -0.05) is 134 Å². The lowest BCUT2D eigenvalue weighted by atomic mass is 9.95. The summed E-state index contributed by atoms with van der Waals surface area (Å²) in [7, 11) is 0. The summed E-state index contributed by atoms with van der Waals surface area (Å²) in [6.45, 7) is 6.88. The van der Waals surface area contributed by atoms with E-state index in [2.05, 4.69) is 25.6 Å². The first-order valence-electron chi connectivity index (χ1n) is 16.4. The summed E-state index contributed by atoms with van der Waals surface area (Å²) < 4.78 is 13.0. The highest BCUT2D eigenvalue weighted by molar-refractivity contribution is 5.85. The first kappa shape index (κ1) is 32.2. The van der Waals surface area contributed by atoms with E-state index >= 15 is 0 Å². The van der Waals surface area contributed by atoms with Crippen molar-refractivity contribution in [3.63, 3.8) is 0 Å². The lowest BCUT2D eigenvalue weighted by molar-refractivity contribution is 0.179. The first-order valence-corrected chi connectivity index (χ1v) is 16.4. The third-order valence-corrected chi connectivity index (χ3v) is 8.61. The summed E-state index contributed by atoms with van der Waals surface area (Å²) in [5, 5.41) is 22.8. The molecule has 6 rings (SSSR count). The molecule has 0 fully saturated rings. The van der Waals surface area contributed by atoms with Gasteiger partial charge in [0.25, 0.3) is 0 Å². The van der Waals surface area contributed by atoms with E-state index in [9.17, 15) is 10.2 Å². The predicted octanol–water partition coefficient (Wildman–Crippen LogP) is 11.0. The van der Waals surface area contributed by atoms with Crippen molar-refractivity contribution >= 4 is 0 Å². The summed E-state index contributed by atoms with van der Waals surface area (Å²) in [5.41, 5.74) is 7.71. The Morgan fingerprint density at radius 3 is 1.58 bits per heavy atom. The zero-order valence-electron chi connectivity index (χ0n) is 27.2. The standard InChI is InChI=1S/C44H40O4/c1-3-15-32(29-47-41-25-12-11-20-37(41)38-23-13-21-35(43(38)45)33-16-7-5-8-17-33)30-48-42-27-26-31(4-2)28-40(42)39-24-14-22-36(44(39)46)34-18-9-6-10-19-34/h3,5-14,16-28,32,45-46H,1,4,15,29-30H2,2H3. The summed E-state index contributed by atoms with van der Waals surface area (Å²) in [6, 6.07) is 45.4. The van der Waals surface area contributed by atoms with Crippen LogP contribution in [0.4, 0.5) is 0 Å². The van der Waals surface area contributed by atoms with Gasteiger partial charge in [0.15, 0.2) is 0 Å². The number of aromatic hydroxyl groups is 2. The summed E-state index contributed by atoms with van der Waals surface area (Å²) in [4.78, 5) is 0. The maximum atomic E-state index is 11.5. The van der Waals surface area contributed by atoms with Crippen LogP contribution in [-0.2, 0) is 6.42 Å². The van der Waals surface area contributed by atoms with Crippen molar-refractivity contribution in [3.8, 4) is 67.5 Å². The highest BCUT2D eigenvalue weighted by atomic mass is 16.5. The quantitative estimate of drug-likeness (QED) is 0.124. The molecule has 4 nitrogen and oxygen atoms in total. The molecule has 0 aliphatic heterocycles. The van der Waals surface area contributed by atoms with Crippen LogP contribution in [0.25, 0.3) is 44.5 Å². The highest BCUT2D eigenvalue weighted by Crippen LogP contribution is 2.43. The Hall–Kier alpha value is -5.74. The van der Waals surface area contributed by atoms with Gasteiger partial charge < -0.3 is 19.7 Å². The van der Waals surface area contributed by atoms with Crippen molar-refractivity contribution in [2.75, 3.05) is 13.2 Å². The van der Waals surface area contributed by atoms with E-state index in [1.807, 2.05) is 133 Å². The molecule has 0 saturated carbocycles. The van der Waals surface area contributed by atoms with Crippen LogP contribution in [-0.4, -0.2) is 23.4 Å². The van der Waals surface area contributed by atoms with Gasteiger partial charge in [-0.25, -0.2) is 0 Å². The number of para-hydroxylation sites is 3. The smallest absolute Gasteiger partial charge is 0.131 e. The Kier molecular flexibility index (Phi) is 10.2. The number of hydrogen-bond donors (Lipinski definition) is 2. The van der Waals surface area contributed by atoms with Gasteiger partial charge in [-0.2, -0.15) is 0 Å². The van der Waals surface area contributed by atoms with Gasteiger partial charge in [0, 0.05) is 39.3 Å². The SMILES string of the molecule is C=CCC(COc1ccccc1-c1cccc(-c2ccccc2)c1O)COc1ccc(CC)cc1-c1cccc(-c2ccccc2)c1O. The number of hydrogen-bond acceptors (Lipinski definition) is 4. The second-order valence-electron chi connectivity index (χ2n) is 11.8. The van der Waals surface area contributed by atoms with Crippen LogP contribution in [0.3, 0.4) is 0 Å². The van der Waals surface area contributed by atoms with E-state index < -0.39 is 0 Å². The molecule has 0 spiro atoms. The van der Waals surface area contributed by atoms with E-state index in [1.165, 1.54) is 0 Å². The third kappa shape index (κ3) is 7.13. The fraction of sp³-hybridized carbons (Fsp3) is 0.136. The predicted molar refractivity (Wildman–Crippen MR) is 197 cm³/mol. The number of aryl methyl sites for hydroxylation is 1. The largest absolute Gasteiger partial charge is 0.507 e. The van der Waals surface area contributed by atoms with E-state index in [1.54, 1.807) is 0 Å². The molecule has 0 saturated heterocycles. The normalized spacial score (nSPS) is 11.5. The molecule has 0 aliphatic carbocycles. The Morgan fingerprint density at radius 1 is 0.542 bits per heavy atom. The number of ether oxygens (including phenoxy) is 2. The van der Waals surface area contributed by atoms with Crippen LogP contribution in [0.2, 0.25) is 0 Å². The number of benzene rings is 6. The van der Waals surface area contributed by atoms with Crippen LogP contribution in [0.5, 0.6) is 23.0 Å². The van der Waals surface area contributed by atoms with Gasteiger partial charge in [0.05, 0.1) is 13.2 Å². The van der Waals surface area contributed by atoms with E-state index in [0.717, 1.165) is 50.9 Å². The molecule has 0 amide bonds. The Morgan fingerprint density at radius 2 is 1.02 bits per heavy atom. The molecule has 1 atom stereocenters. The average Bonchev–Trinajstić information content (AvgIpc) is 3.14. The maximum Gasteiger partial charge on any atom is 0.131 e. The summed E-state index contributed by atoms with van der Waals surface area (Å²) >= 11 is 0. The molecule has 0 aliphatic rings. The van der Waals surface area contributed by atoms with Crippen LogP contribution >= 0.6 is 0 Å². The minimum Gasteiger partial charge on any atom is -0.507 e. The van der Waals surface area contributed by atoms with Gasteiger partial charge in [0.2, 0.25) is 0 Å². The second kappa shape index (κ2) is 15.2. The number of rotatable bonds is 13. The molecule has 1 unspecified atom stereocenters. The van der Waals surface area contributed by atoms with Crippen molar-refractivity contribution in [1.29, 1.82) is 0 Å². The fourth-order valence-electron chi connectivity index (χ4n) is 6.01. The van der Waals surface area contributed by atoms with Crippen LogP contribution in [0.1, 0.15) is 18.9 Å². The molecule has 0 aromatic heterocycles.